The molecule has 1 amide bonds. The van der Waals surface area contributed by atoms with Crippen molar-refractivity contribution in [3.05, 3.63) is 29.6 Å². The van der Waals surface area contributed by atoms with E-state index < -0.39 is 18.8 Å². The zero-order valence-electron chi connectivity index (χ0n) is 9.77. The maximum absolute atomic E-state index is 13.1. The van der Waals surface area contributed by atoms with Gasteiger partial charge in [-0.1, -0.05) is 13.8 Å². The smallest absolute Gasteiger partial charge is 0.423 e. The fraction of sp³-hybridized carbons (Fsp3) is 0.364. The highest BCUT2D eigenvalue weighted by Crippen LogP contribution is 2.03. The Morgan fingerprint density at radius 2 is 2.06 bits per heavy atom. The van der Waals surface area contributed by atoms with E-state index in [0.717, 1.165) is 12.1 Å². The average molecular weight is 239 g/mol. The molecule has 0 spiro atoms. The first-order valence-electron chi connectivity index (χ1n) is 5.35. The van der Waals surface area contributed by atoms with E-state index in [1.807, 2.05) is 13.8 Å². The molecular weight excluding hydrogens is 224 g/mol. The molecule has 17 heavy (non-hydrogen) atoms. The monoisotopic (exact) mass is 239 g/mol. The Morgan fingerprint density at radius 1 is 1.41 bits per heavy atom. The predicted octanol–water partition coefficient (Wildman–Crippen LogP) is -0.109. The zero-order valence-corrected chi connectivity index (χ0v) is 9.77. The van der Waals surface area contributed by atoms with Gasteiger partial charge in [0, 0.05) is 12.1 Å². The minimum absolute atomic E-state index is 0.0419. The molecular formula is C11H15BFNO3. The molecule has 92 valence electrons. The summed E-state index contributed by atoms with van der Waals surface area (Å²) in [6, 6.07) is 3.29. The Bertz CT molecular complexity index is 410. The molecule has 4 nitrogen and oxygen atoms in total. The van der Waals surface area contributed by atoms with E-state index in [9.17, 15) is 9.18 Å². The van der Waals surface area contributed by atoms with Crippen molar-refractivity contribution in [2.45, 2.75) is 13.8 Å². The normalized spacial score (nSPS) is 10.5. The van der Waals surface area contributed by atoms with Gasteiger partial charge in [-0.05, 0) is 29.6 Å². The Morgan fingerprint density at radius 3 is 2.59 bits per heavy atom. The summed E-state index contributed by atoms with van der Waals surface area (Å²) in [5.41, 5.74) is 0.0356. The number of hydrogen-bond acceptors (Lipinski definition) is 3. The number of nitrogens with one attached hydrogen (secondary N) is 1. The van der Waals surface area contributed by atoms with Crippen molar-refractivity contribution in [2.75, 3.05) is 6.54 Å². The van der Waals surface area contributed by atoms with Gasteiger partial charge >= 0.3 is 7.12 Å². The van der Waals surface area contributed by atoms with Crippen LogP contribution in [0.15, 0.2) is 18.2 Å². The van der Waals surface area contributed by atoms with Gasteiger partial charge in [-0.3, -0.25) is 4.79 Å². The van der Waals surface area contributed by atoms with Crippen LogP contribution in [-0.4, -0.2) is 29.6 Å². The molecule has 0 saturated heterocycles. The summed E-state index contributed by atoms with van der Waals surface area (Å²) in [4.78, 5) is 11.6. The fourth-order valence-corrected chi connectivity index (χ4v) is 1.29. The van der Waals surface area contributed by atoms with E-state index in [2.05, 4.69) is 5.32 Å². The quantitative estimate of drug-likeness (QED) is 0.642. The molecule has 3 N–H and O–H groups in total. The number of amides is 1. The highest BCUT2D eigenvalue weighted by Gasteiger charge is 2.16. The maximum Gasteiger partial charge on any atom is 0.488 e. The number of halogens is 1. The molecule has 0 radical (unpaired) electrons. The first kappa shape index (κ1) is 13.7. The molecule has 0 aromatic heterocycles. The Hall–Kier alpha value is -1.40. The molecule has 0 aliphatic rings. The Labute approximate surface area is 99.6 Å². The van der Waals surface area contributed by atoms with Gasteiger partial charge in [-0.15, -0.1) is 0 Å². The molecule has 0 unspecified atom stereocenters. The van der Waals surface area contributed by atoms with Crippen LogP contribution in [0.1, 0.15) is 24.2 Å². The van der Waals surface area contributed by atoms with Gasteiger partial charge in [0.25, 0.3) is 5.91 Å². The second-order valence-corrected chi connectivity index (χ2v) is 4.25. The average Bonchev–Trinajstić information content (AvgIpc) is 2.24. The summed E-state index contributed by atoms with van der Waals surface area (Å²) < 4.78 is 13.1. The molecule has 1 rings (SSSR count). The lowest BCUT2D eigenvalue weighted by Gasteiger charge is -2.09. The summed E-state index contributed by atoms with van der Waals surface area (Å²) in [7, 11) is -1.79. The van der Waals surface area contributed by atoms with Crippen molar-refractivity contribution in [1.82, 2.24) is 5.32 Å². The highest BCUT2D eigenvalue weighted by atomic mass is 19.1. The predicted molar refractivity (Wildman–Crippen MR) is 63.4 cm³/mol. The molecule has 0 fully saturated rings. The van der Waals surface area contributed by atoms with Crippen molar-refractivity contribution >= 4 is 18.5 Å². The third kappa shape index (κ3) is 4.16. The van der Waals surface area contributed by atoms with Crippen molar-refractivity contribution < 1.29 is 19.2 Å². The van der Waals surface area contributed by atoms with E-state index in [-0.39, 0.29) is 16.9 Å². The SMILES string of the molecule is CC(C)CNC(=O)c1cc(F)cc(B(O)O)c1. The molecule has 6 heteroatoms. The lowest BCUT2D eigenvalue weighted by Crippen LogP contribution is -2.33. The lowest BCUT2D eigenvalue weighted by molar-refractivity contribution is 0.0948. The molecule has 0 bridgehead atoms. The van der Waals surface area contributed by atoms with Gasteiger partial charge in [0.1, 0.15) is 5.82 Å². The van der Waals surface area contributed by atoms with E-state index in [1.165, 1.54) is 6.07 Å². The fourth-order valence-electron chi connectivity index (χ4n) is 1.29. The molecule has 0 aliphatic heterocycles. The van der Waals surface area contributed by atoms with E-state index >= 15 is 0 Å². The minimum atomic E-state index is -1.79. The van der Waals surface area contributed by atoms with Gasteiger partial charge < -0.3 is 15.4 Å². The van der Waals surface area contributed by atoms with Gasteiger partial charge in [0.2, 0.25) is 0 Å². The number of benzene rings is 1. The maximum atomic E-state index is 13.1. The largest absolute Gasteiger partial charge is 0.488 e. The van der Waals surface area contributed by atoms with Gasteiger partial charge in [0.05, 0.1) is 0 Å². The highest BCUT2D eigenvalue weighted by molar-refractivity contribution is 6.58. The van der Waals surface area contributed by atoms with E-state index in [4.69, 9.17) is 10.0 Å². The van der Waals surface area contributed by atoms with E-state index in [1.54, 1.807) is 0 Å². The first-order chi connectivity index (χ1) is 7.90. The van der Waals surface area contributed by atoms with E-state index in [0.29, 0.717) is 6.54 Å². The summed E-state index contributed by atoms with van der Waals surface area (Å²) in [6.45, 7) is 4.36. The van der Waals surface area contributed by atoms with Crippen LogP contribution in [-0.2, 0) is 0 Å². The third-order valence-electron chi connectivity index (χ3n) is 2.15. The van der Waals surface area contributed by atoms with Gasteiger partial charge in [-0.2, -0.15) is 0 Å². The van der Waals surface area contributed by atoms with Crippen LogP contribution in [0.4, 0.5) is 4.39 Å². The summed E-state index contributed by atoms with van der Waals surface area (Å²) in [5, 5.41) is 20.5. The third-order valence-corrected chi connectivity index (χ3v) is 2.15. The number of hydrogen-bond donors (Lipinski definition) is 3. The van der Waals surface area contributed by atoms with Crippen molar-refractivity contribution in [2.24, 2.45) is 5.92 Å². The first-order valence-corrected chi connectivity index (χ1v) is 5.35. The van der Waals surface area contributed by atoms with Gasteiger partial charge in [-0.25, -0.2) is 4.39 Å². The number of carbonyl (C=O) groups is 1. The van der Waals surface area contributed by atoms with Crippen LogP contribution in [0.5, 0.6) is 0 Å². The molecule has 1 aromatic rings. The Balaban J connectivity index is 2.86. The number of carbonyl (C=O) groups excluding carboxylic acids is 1. The number of rotatable bonds is 4. The van der Waals surface area contributed by atoms with Crippen molar-refractivity contribution in [3.63, 3.8) is 0 Å². The van der Waals surface area contributed by atoms with Crippen LogP contribution in [0.2, 0.25) is 0 Å². The second-order valence-electron chi connectivity index (χ2n) is 4.25. The summed E-state index contributed by atoms with van der Waals surface area (Å²) in [5.74, 6) is -0.819. The topological polar surface area (TPSA) is 69.6 Å². The van der Waals surface area contributed by atoms with Crippen molar-refractivity contribution in [1.29, 1.82) is 0 Å². The van der Waals surface area contributed by atoms with Crippen LogP contribution in [0.3, 0.4) is 0 Å². The van der Waals surface area contributed by atoms with Crippen LogP contribution < -0.4 is 10.8 Å². The summed E-state index contributed by atoms with van der Waals surface area (Å²) in [6.07, 6.45) is 0. The molecule has 0 heterocycles. The molecule has 0 aliphatic carbocycles. The van der Waals surface area contributed by atoms with Crippen LogP contribution in [0.25, 0.3) is 0 Å². The Kier molecular flexibility index (Phi) is 4.66. The summed E-state index contributed by atoms with van der Waals surface area (Å²) >= 11 is 0. The van der Waals surface area contributed by atoms with Crippen LogP contribution in [0, 0.1) is 11.7 Å². The molecule has 0 atom stereocenters. The van der Waals surface area contributed by atoms with Gasteiger partial charge in [0.15, 0.2) is 0 Å². The minimum Gasteiger partial charge on any atom is -0.423 e. The van der Waals surface area contributed by atoms with Crippen molar-refractivity contribution in [3.8, 4) is 0 Å². The lowest BCUT2D eigenvalue weighted by atomic mass is 9.79. The molecule has 0 saturated carbocycles. The zero-order chi connectivity index (χ0) is 13.0. The second kappa shape index (κ2) is 5.79. The molecule has 1 aromatic carbocycles. The van der Waals surface area contributed by atoms with Crippen LogP contribution >= 0.6 is 0 Å². The standard InChI is InChI=1S/C11H15BFNO3/c1-7(2)6-14-11(15)8-3-9(12(16)17)5-10(13)4-8/h3-5,7,16-17H,6H2,1-2H3,(H,14,15).